The maximum Gasteiger partial charge on any atom is 0.335 e. The molecule has 0 radical (unpaired) electrons. The highest BCUT2D eigenvalue weighted by atomic mass is 32.1. The van der Waals surface area contributed by atoms with Crippen LogP contribution in [-0.4, -0.2) is 32.8 Å². The minimum absolute atomic E-state index is 0.0428. The zero-order chi connectivity index (χ0) is 22.2. The molecule has 0 fully saturated rings. The van der Waals surface area contributed by atoms with Crippen LogP contribution in [0.1, 0.15) is 15.9 Å². The van der Waals surface area contributed by atoms with Crippen molar-refractivity contribution in [1.29, 1.82) is 0 Å². The zero-order valence-electron chi connectivity index (χ0n) is 16.3. The van der Waals surface area contributed by atoms with Gasteiger partial charge in [0.15, 0.2) is 17.3 Å². The van der Waals surface area contributed by atoms with E-state index in [0.29, 0.717) is 45.5 Å². The van der Waals surface area contributed by atoms with E-state index in [4.69, 9.17) is 14.6 Å². The Morgan fingerprint density at radius 3 is 2.66 bits per heavy atom. The second-order valence-electron chi connectivity index (χ2n) is 6.88. The van der Waals surface area contributed by atoms with Crippen molar-refractivity contribution in [2.75, 3.05) is 12.1 Å². The molecule has 1 aliphatic rings. The van der Waals surface area contributed by atoms with Crippen molar-refractivity contribution < 1.29 is 24.3 Å². The average Bonchev–Trinajstić information content (AvgIpc) is 3.44. The van der Waals surface area contributed by atoms with Crippen molar-refractivity contribution in [3.63, 3.8) is 0 Å². The first kappa shape index (κ1) is 19.7. The van der Waals surface area contributed by atoms with Crippen LogP contribution >= 0.6 is 11.3 Å². The molecule has 0 bridgehead atoms. The lowest BCUT2D eigenvalue weighted by Crippen LogP contribution is -2.04. The van der Waals surface area contributed by atoms with Gasteiger partial charge in [-0.05, 0) is 41.2 Å². The van der Waals surface area contributed by atoms with Gasteiger partial charge in [-0.3, -0.25) is 10.1 Å². The lowest BCUT2D eigenvalue weighted by Gasteiger charge is -2.10. The van der Waals surface area contributed by atoms with Gasteiger partial charge in [0.1, 0.15) is 10.6 Å². The highest BCUT2D eigenvalue weighted by Gasteiger charge is 2.19. The number of carbonyl (C=O) groups is 1. The van der Waals surface area contributed by atoms with E-state index in [1.807, 2.05) is 18.2 Å². The summed E-state index contributed by atoms with van der Waals surface area (Å²) >= 11 is 0.954. The minimum atomic E-state index is -1.03. The summed E-state index contributed by atoms with van der Waals surface area (Å²) in [5.74, 6) is 1.07. The first-order valence-corrected chi connectivity index (χ1v) is 10.2. The summed E-state index contributed by atoms with van der Waals surface area (Å²) in [7, 11) is 0. The number of rotatable bonds is 6. The largest absolute Gasteiger partial charge is 0.478 e. The molecule has 0 unspecified atom stereocenters. The zero-order valence-corrected chi connectivity index (χ0v) is 17.1. The van der Waals surface area contributed by atoms with Crippen molar-refractivity contribution in [2.45, 2.75) is 6.54 Å². The number of hydrogen-bond donors (Lipinski definition) is 2. The lowest BCUT2D eigenvalue weighted by molar-refractivity contribution is -0.380. The molecule has 0 saturated heterocycles. The van der Waals surface area contributed by atoms with E-state index in [2.05, 4.69) is 15.3 Å². The maximum absolute atomic E-state index is 11.3. The van der Waals surface area contributed by atoms with Gasteiger partial charge in [0.05, 0.1) is 15.9 Å². The number of aromatic nitrogens is 2. The Hall–Kier alpha value is -4.25. The molecule has 3 heterocycles. The number of thiophene rings is 1. The fraction of sp³-hybridized carbons (Fsp3) is 0.0952. The Morgan fingerprint density at radius 2 is 1.91 bits per heavy atom. The molecule has 10 nitrogen and oxygen atoms in total. The molecule has 11 heteroatoms. The number of carboxylic acids is 1. The number of nitro groups is 1. The monoisotopic (exact) mass is 450 g/mol. The highest BCUT2D eigenvalue weighted by Crippen LogP contribution is 2.36. The standard InChI is InChI=1S/C21H14N4O6S/c26-21(27)13-4-2-12(3-5-13)18-23-19(14-8-17(25(28)29)32-20(14)24-18)22-9-11-1-6-15-16(7-11)31-10-30-15/h1-8H,9-10H2,(H,26,27)(H,22,23,24). The lowest BCUT2D eigenvalue weighted by atomic mass is 10.1. The Balaban J connectivity index is 1.52. The van der Waals surface area contributed by atoms with Crippen molar-refractivity contribution in [1.82, 2.24) is 9.97 Å². The smallest absolute Gasteiger partial charge is 0.335 e. The van der Waals surface area contributed by atoms with E-state index in [1.54, 1.807) is 12.1 Å². The summed E-state index contributed by atoms with van der Waals surface area (Å²) in [6, 6.07) is 13.1. The molecule has 0 amide bonds. The van der Waals surface area contributed by atoms with E-state index in [0.717, 1.165) is 16.9 Å². The molecule has 2 aromatic carbocycles. The second-order valence-corrected chi connectivity index (χ2v) is 7.89. The van der Waals surface area contributed by atoms with Crippen molar-refractivity contribution >= 4 is 38.3 Å². The molecule has 1 aliphatic heterocycles. The van der Waals surface area contributed by atoms with Gasteiger partial charge in [-0.2, -0.15) is 0 Å². The van der Waals surface area contributed by atoms with Gasteiger partial charge in [0, 0.05) is 18.2 Å². The number of nitrogens with zero attached hydrogens (tertiary/aromatic N) is 3. The Morgan fingerprint density at radius 1 is 1.12 bits per heavy atom. The Kier molecular flexibility index (Phi) is 4.79. The summed E-state index contributed by atoms with van der Waals surface area (Å²) < 4.78 is 10.7. The quantitative estimate of drug-likeness (QED) is 0.325. The number of hydrogen-bond acceptors (Lipinski definition) is 9. The van der Waals surface area contributed by atoms with Gasteiger partial charge >= 0.3 is 11.0 Å². The minimum Gasteiger partial charge on any atom is -0.478 e. The summed E-state index contributed by atoms with van der Waals surface area (Å²) in [5, 5.41) is 24.1. The van der Waals surface area contributed by atoms with Crippen LogP contribution in [-0.2, 0) is 6.54 Å². The van der Waals surface area contributed by atoms with E-state index >= 15 is 0 Å². The third kappa shape index (κ3) is 3.65. The second kappa shape index (κ2) is 7.78. The number of nitrogens with one attached hydrogen (secondary N) is 1. The first-order chi connectivity index (χ1) is 15.5. The number of ether oxygens (including phenoxy) is 2. The first-order valence-electron chi connectivity index (χ1n) is 9.40. The predicted octanol–water partition coefficient (Wildman–Crippen LogP) is 4.31. The van der Waals surface area contributed by atoms with E-state index in [1.165, 1.54) is 18.2 Å². The molecular weight excluding hydrogens is 436 g/mol. The van der Waals surface area contributed by atoms with Crippen LogP contribution < -0.4 is 14.8 Å². The van der Waals surface area contributed by atoms with Gasteiger partial charge in [-0.25, -0.2) is 14.8 Å². The van der Waals surface area contributed by atoms with Crippen molar-refractivity contribution in [3.05, 3.63) is 69.8 Å². The van der Waals surface area contributed by atoms with Crippen LogP contribution in [0, 0.1) is 10.1 Å². The van der Waals surface area contributed by atoms with Crippen LogP contribution in [0.2, 0.25) is 0 Å². The summed E-state index contributed by atoms with van der Waals surface area (Å²) in [6.45, 7) is 0.575. The molecule has 0 aliphatic carbocycles. The fourth-order valence-corrected chi connectivity index (χ4v) is 4.11. The molecule has 5 rings (SSSR count). The summed E-state index contributed by atoms with van der Waals surface area (Å²) in [5.41, 5.74) is 1.65. The summed E-state index contributed by atoms with van der Waals surface area (Å²) in [6.07, 6.45) is 0. The molecule has 0 saturated carbocycles. The topological polar surface area (TPSA) is 137 Å². The average molecular weight is 450 g/mol. The number of aromatic carboxylic acids is 1. The van der Waals surface area contributed by atoms with Crippen LogP contribution in [0.4, 0.5) is 10.8 Å². The van der Waals surface area contributed by atoms with Crippen LogP contribution in [0.5, 0.6) is 11.5 Å². The molecule has 0 atom stereocenters. The van der Waals surface area contributed by atoms with Crippen molar-refractivity contribution in [2.24, 2.45) is 0 Å². The van der Waals surface area contributed by atoms with Gasteiger partial charge in [-0.1, -0.05) is 18.2 Å². The number of anilines is 1. The molecule has 160 valence electrons. The van der Waals surface area contributed by atoms with E-state index < -0.39 is 10.9 Å². The highest BCUT2D eigenvalue weighted by molar-refractivity contribution is 7.21. The Bertz CT molecular complexity index is 1370. The van der Waals surface area contributed by atoms with Gasteiger partial charge in [0.2, 0.25) is 6.79 Å². The van der Waals surface area contributed by atoms with Gasteiger partial charge < -0.3 is 19.9 Å². The van der Waals surface area contributed by atoms with Crippen LogP contribution in [0.15, 0.2) is 48.5 Å². The third-order valence-electron chi connectivity index (χ3n) is 4.85. The number of benzene rings is 2. The predicted molar refractivity (Wildman–Crippen MR) is 116 cm³/mol. The Labute approximate surface area is 184 Å². The molecule has 2 aromatic heterocycles. The fourth-order valence-electron chi connectivity index (χ4n) is 3.26. The maximum atomic E-state index is 11.3. The molecule has 2 N–H and O–H groups in total. The third-order valence-corrected chi connectivity index (χ3v) is 5.83. The van der Waals surface area contributed by atoms with Crippen LogP contribution in [0.3, 0.4) is 0 Å². The molecule has 32 heavy (non-hydrogen) atoms. The molecular formula is C21H14N4O6S. The normalized spacial score (nSPS) is 12.1. The van der Waals surface area contributed by atoms with E-state index in [9.17, 15) is 14.9 Å². The van der Waals surface area contributed by atoms with Gasteiger partial charge in [-0.15, -0.1) is 0 Å². The van der Waals surface area contributed by atoms with Crippen molar-refractivity contribution in [3.8, 4) is 22.9 Å². The molecule has 4 aromatic rings. The van der Waals surface area contributed by atoms with Gasteiger partial charge in [0.25, 0.3) is 0 Å². The summed E-state index contributed by atoms with van der Waals surface area (Å²) in [4.78, 5) is 31.4. The SMILES string of the molecule is O=C(O)c1ccc(-c2nc(NCc3ccc4c(c3)OCO4)c3cc([N+](=O)[O-])sc3n2)cc1. The van der Waals surface area contributed by atoms with E-state index in [-0.39, 0.29) is 17.4 Å². The number of carboxylic acid groups (broad SMARTS) is 1. The number of fused-ring (bicyclic) bond motifs is 2. The molecule has 0 spiro atoms. The van der Waals surface area contributed by atoms with Crippen LogP contribution in [0.25, 0.3) is 21.6 Å².